The minimum Gasteiger partial charge on any atom is -0.458 e. The van der Waals surface area contributed by atoms with E-state index in [0.29, 0.717) is 29.1 Å². The number of hydrogen-bond acceptors (Lipinski definition) is 6. The average Bonchev–Trinajstić information content (AvgIpc) is 3.07. The minimum atomic E-state index is -1.83. The van der Waals surface area contributed by atoms with Crippen LogP contribution in [-0.4, -0.2) is 35.2 Å². The number of hydrogen-bond donors (Lipinski definition) is 2. The van der Waals surface area contributed by atoms with Crippen LogP contribution in [0.25, 0.3) is 22.3 Å². The number of nitrogens with zero attached hydrogens (tertiary/aromatic N) is 2. The van der Waals surface area contributed by atoms with E-state index in [4.69, 9.17) is 9.72 Å². The highest BCUT2D eigenvalue weighted by molar-refractivity contribution is 6.50. The summed E-state index contributed by atoms with van der Waals surface area (Å²) in [6.45, 7) is 1.89. The monoisotopic (exact) mass is 392 g/mol. The maximum absolute atomic E-state index is 13.1. The summed E-state index contributed by atoms with van der Waals surface area (Å²) in [6.07, 6.45) is 0.112. The highest BCUT2D eigenvalue weighted by Crippen LogP contribution is 2.38. The topological polar surface area (TPSA) is 102 Å². The van der Waals surface area contributed by atoms with Gasteiger partial charge in [0.15, 0.2) is 5.60 Å². The van der Waals surface area contributed by atoms with Crippen molar-refractivity contribution in [1.29, 1.82) is 0 Å². The number of esters is 1. The summed E-state index contributed by atoms with van der Waals surface area (Å²) < 4.78 is 6.68. The molecule has 4 heterocycles. The maximum Gasteiger partial charge on any atom is 0.343 e. The van der Waals surface area contributed by atoms with Gasteiger partial charge in [-0.3, -0.25) is 4.79 Å². The van der Waals surface area contributed by atoms with Gasteiger partial charge in [-0.25, -0.2) is 9.78 Å². The zero-order valence-corrected chi connectivity index (χ0v) is 16.0. The summed E-state index contributed by atoms with van der Waals surface area (Å²) in [5.74, 6) is -0.731. The van der Waals surface area contributed by atoms with Gasteiger partial charge in [-0.2, -0.15) is 0 Å². The summed E-state index contributed by atoms with van der Waals surface area (Å²) in [4.78, 5) is 39.6. The van der Waals surface area contributed by atoms with E-state index >= 15 is 0 Å². The molecule has 0 saturated carbocycles. The normalized spacial score (nSPS) is 19.9. The third kappa shape index (κ3) is 2.13. The van der Waals surface area contributed by atoms with Gasteiger partial charge < -0.3 is 19.2 Å². The second-order valence-electron chi connectivity index (χ2n) is 7.08. The fraction of sp³-hybridized carbons (Fsp3) is 0.250. The molecule has 1 aromatic carbocycles. The molecular formula is C20H16N2O5Si. The number of rotatable bonds is 2. The highest BCUT2D eigenvalue weighted by atomic mass is 28.2. The van der Waals surface area contributed by atoms with Crippen molar-refractivity contribution in [2.45, 2.75) is 32.1 Å². The molecule has 2 aliphatic rings. The third-order valence-electron chi connectivity index (χ3n) is 5.67. The van der Waals surface area contributed by atoms with Gasteiger partial charge in [0.1, 0.15) is 6.61 Å². The molecule has 2 aliphatic heterocycles. The molecule has 2 aromatic heterocycles. The van der Waals surface area contributed by atoms with Crippen LogP contribution in [-0.2, 0) is 28.3 Å². The zero-order chi connectivity index (χ0) is 19.6. The first-order valence-electron chi connectivity index (χ1n) is 8.98. The van der Waals surface area contributed by atoms with E-state index < -0.39 is 11.6 Å². The van der Waals surface area contributed by atoms with Crippen molar-refractivity contribution in [3.63, 3.8) is 0 Å². The first kappa shape index (κ1) is 17.3. The van der Waals surface area contributed by atoms with Gasteiger partial charge in [0.05, 0.1) is 29.0 Å². The Balaban J connectivity index is 1.79. The van der Waals surface area contributed by atoms with Crippen LogP contribution in [0.3, 0.4) is 0 Å². The van der Waals surface area contributed by atoms with Crippen LogP contribution in [0.2, 0.25) is 0 Å². The van der Waals surface area contributed by atoms with Gasteiger partial charge in [0.2, 0.25) is 0 Å². The number of benzene rings is 1. The summed E-state index contributed by atoms with van der Waals surface area (Å²) in [6, 6.07) is 9.20. The molecule has 3 aromatic rings. The second kappa shape index (κ2) is 5.84. The Labute approximate surface area is 162 Å². The SMILES string of the molecule is CC[C@@]1(O)C(=O)OCc2c1cc1n(c2=O)Cc2cc3c([Si]O)cccc3nc2-1. The van der Waals surface area contributed by atoms with E-state index in [9.17, 15) is 19.5 Å². The van der Waals surface area contributed by atoms with Crippen molar-refractivity contribution in [2.75, 3.05) is 0 Å². The molecule has 2 N–H and O–H groups in total. The molecule has 0 bridgehead atoms. The summed E-state index contributed by atoms with van der Waals surface area (Å²) in [7, 11) is -0.347. The van der Waals surface area contributed by atoms with Gasteiger partial charge in [0, 0.05) is 16.5 Å². The molecular weight excluding hydrogens is 376 g/mol. The zero-order valence-electron chi connectivity index (χ0n) is 15.0. The third-order valence-corrected chi connectivity index (χ3v) is 6.35. The number of aromatic nitrogens is 2. The van der Waals surface area contributed by atoms with Crippen molar-refractivity contribution in [1.82, 2.24) is 9.55 Å². The lowest BCUT2D eigenvalue weighted by Gasteiger charge is -2.31. The van der Waals surface area contributed by atoms with E-state index in [1.807, 2.05) is 24.3 Å². The van der Waals surface area contributed by atoms with Gasteiger partial charge >= 0.3 is 5.97 Å². The summed E-state index contributed by atoms with van der Waals surface area (Å²) in [5, 5.41) is 12.5. The summed E-state index contributed by atoms with van der Waals surface area (Å²) in [5.41, 5.74) is 1.34. The number of carbonyl (C=O) groups excluding carboxylic acids is 1. The Morgan fingerprint density at radius 2 is 2.14 bits per heavy atom. The lowest BCUT2D eigenvalue weighted by Crippen LogP contribution is -2.44. The number of fused-ring (bicyclic) bond motifs is 5. The minimum absolute atomic E-state index is 0.112. The van der Waals surface area contributed by atoms with Crippen molar-refractivity contribution in [3.05, 3.63) is 57.4 Å². The molecule has 5 rings (SSSR count). The second-order valence-corrected chi connectivity index (χ2v) is 7.85. The van der Waals surface area contributed by atoms with Crippen LogP contribution in [0.1, 0.15) is 30.0 Å². The van der Waals surface area contributed by atoms with Crippen molar-refractivity contribution >= 4 is 31.8 Å². The number of ether oxygens (including phenoxy) is 1. The maximum atomic E-state index is 13.1. The molecule has 2 radical (unpaired) electrons. The lowest BCUT2D eigenvalue weighted by atomic mass is 9.86. The smallest absolute Gasteiger partial charge is 0.343 e. The van der Waals surface area contributed by atoms with Crippen LogP contribution >= 0.6 is 0 Å². The first-order valence-corrected chi connectivity index (χ1v) is 9.92. The van der Waals surface area contributed by atoms with Gasteiger partial charge in [-0.1, -0.05) is 19.1 Å². The summed E-state index contributed by atoms with van der Waals surface area (Å²) >= 11 is 0. The Hall–Kier alpha value is -2.81. The van der Waals surface area contributed by atoms with Crippen LogP contribution in [0.15, 0.2) is 35.1 Å². The van der Waals surface area contributed by atoms with Crippen molar-refractivity contribution < 1.29 is 19.4 Å². The van der Waals surface area contributed by atoms with Gasteiger partial charge in [-0.15, -0.1) is 0 Å². The Morgan fingerprint density at radius 1 is 1.32 bits per heavy atom. The first-order chi connectivity index (χ1) is 13.5. The molecule has 7 nitrogen and oxygen atoms in total. The lowest BCUT2D eigenvalue weighted by molar-refractivity contribution is -0.172. The number of pyridine rings is 2. The van der Waals surface area contributed by atoms with Gasteiger partial charge in [0.25, 0.3) is 15.3 Å². The number of carbonyl (C=O) groups is 1. The molecule has 0 unspecified atom stereocenters. The van der Waals surface area contributed by atoms with Crippen LogP contribution in [0.4, 0.5) is 0 Å². The van der Waals surface area contributed by atoms with Gasteiger partial charge in [-0.05, 0) is 29.8 Å². The van der Waals surface area contributed by atoms with Crippen LogP contribution in [0, 0.1) is 0 Å². The standard InChI is InChI=1S/C20H16N2O5Si/c1-2-20(25)13-7-15-17-10(6-11-14(21-17)4-3-5-16(11)28-26)8-22(15)18(23)12(13)9-27-19(20)24/h3-7,25-26H,2,8-9H2,1H3/t20-/m0/s1. The Bertz CT molecular complexity index is 1240. The molecule has 28 heavy (non-hydrogen) atoms. The number of cyclic esters (lactones) is 1. The fourth-order valence-electron chi connectivity index (χ4n) is 4.10. The van der Waals surface area contributed by atoms with Crippen LogP contribution in [0.5, 0.6) is 0 Å². The molecule has 140 valence electrons. The van der Waals surface area contributed by atoms with E-state index in [-0.39, 0.29) is 28.4 Å². The molecule has 8 heteroatoms. The number of aliphatic hydroxyl groups is 1. The van der Waals surface area contributed by atoms with E-state index in [1.54, 1.807) is 17.6 Å². The molecule has 1 atom stereocenters. The van der Waals surface area contributed by atoms with Crippen molar-refractivity contribution in [3.8, 4) is 11.4 Å². The predicted octanol–water partition coefficient (Wildman–Crippen LogP) is 0.316. The molecule has 0 spiro atoms. The molecule has 0 aliphatic carbocycles. The van der Waals surface area contributed by atoms with E-state index in [0.717, 1.165) is 21.7 Å². The van der Waals surface area contributed by atoms with Crippen molar-refractivity contribution in [2.24, 2.45) is 0 Å². The predicted molar refractivity (Wildman–Crippen MR) is 102 cm³/mol. The largest absolute Gasteiger partial charge is 0.458 e. The van der Waals surface area contributed by atoms with E-state index in [2.05, 4.69) is 0 Å². The fourth-order valence-corrected chi connectivity index (χ4v) is 4.59. The highest BCUT2D eigenvalue weighted by Gasteiger charge is 2.45. The molecule has 0 amide bonds. The molecule has 0 saturated heterocycles. The molecule has 0 fully saturated rings. The van der Waals surface area contributed by atoms with Crippen LogP contribution < -0.4 is 10.7 Å². The Kier molecular flexibility index (Phi) is 3.61. The quantitative estimate of drug-likeness (QED) is 0.376. The van der Waals surface area contributed by atoms with E-state index in [1.165, 1.54) is 0 Å². The average molecular weight is 392 g/mol. The Morgan fingerprint density at radius 3 is 2.89 bits per heavy atom.